The van der Waals surface area contributed by atoms with Gasteiger partial charge in [-0.1, -0.05) is 62.8 Å². The molecule has 1 aliphatic rings. The van der Waals surface area contributed by atoms with Gasteiger partial charge in [0.25, 0.3) is 0 Å². The Morgan fingerprint density at radius 3 is 2.27 bits per heavy atom. The van der Waals surface area contributed by atoms with E-state index < -0.39 is 58.6 Å². The van der Waals surface area contributed by atoms with Crippen LogP contribution in [0, 0.1) is 22.7 Å². The molecule has 1 heterocycles. The summed E-state index contributed by atoms with van der Waals surface area (Å²) in [5.41, 5.74) is -0.149. The van der Waals surface area contributed by atoms with Crippen LogP contribution in [0.25, 0.3) is 5.57 Å². The zero-order valence-corrected chi connectivity index (χ0v) is 26.2. The maximum atomic E-state index is 14.4. The van der Waals surface area contributed by atoms with E-state index in [0.29, 0.717) is 11.8 Å². The quantitative estimate of drug-likeness (QED) is 0.0774. The summed E-state index contributed by atoms with van der Waals surface area (Å²) in [6.45, 7) is 6.46. The normalized spacial score (nSPS) is 16.8. The fourth-order valence-electron chi connectivity index (χ4n) is 3.39. The number of methoxy groups -OCH3 is 1. The van der Waals surface area contributed by atoms with Crippen molar-refractivity contribution in [2.75, 3.05) is 26.9 Å². The molecule has 0 bridgehead atoms. The van der Waals surface area contributed by atoms with Crippen molar-refractivity contribution in [3.05, 3.63) is 52.4 Å². The molecule has 0 spiro atoms. The summed E-state index contributed by atoms with van der Waals surface area (Å²) in [7, 11) is -5.11. The third kappa shape index (κ3) is 9.05. The minimum atomic E-state index is -6.26. The SMILES string of the molecule is COC(=O)c1ccccc1C(C#N)=C1C=CC(=NOS(=O)(=O)C(F)(F)C(F)(F)CCCOCCOC(=O)C(C)C(C)(C)C)S1. The Balaban J connectivity index is 1.98. The fourth-order valence-corrected chi connectivity index (χ4v) is 5.00. The molecule has 1 atom stereocenters. The van der Waals surface area contributed by atoms with Gasteiger partial charge in [-0.05, 0) is 30.1 Å². The molecule has 0 saturated heterocycles. The van der Waals surface area contributed by atoms with Crippen LogP contribution in [0.1, 0.15) is 56.5 Å². The lowest BCUT2D eigenvalue weighted by Gasteiger charge is -2.25. The number of carbonyl (C=O) groups is 2. The molecule has 0 saturated carbocycles. The molecule has 0 fully saturated rings. The number of halogens is 4. The van der Waals surface area contributed by atoms with Crippen molar-refractivity contribution in [1.82, 2.24) is 0 Å². The second-order valence-electron chi connectivity index (χ2n) is 10.5. The van der Waals surface area contributed by atoms with Gasteiger partial charge in [-0.15, -0.1) is 0 Å². The van der Waals surface area contributed by atoms with Gasteiger partial charge in [0.2, 0.25) is 0 Å². The number of carbonyl (C=O) groups excluding carboxylic acids is 2. The Labute approximate surface area is 257 Å². The lowest BCUT2D eigenvalue weighted by Crippen LogP contribution is -2.47. The van der Waals surface area contributed by atoms with Crippen molar-refractivity contribution in [3.63, 3.8) is 0 Å². The number of oxime groups is 1. The van der Waals surface area contributed by atoms with Crippen LogP contribution < -0.4 is 0 Å². The van der Waals surface area contributed by atoms with Crippen molar-refractivity contribution >= 4 is 44.4 Å². The number of hydrogen-bond donors (Lipinski definition) is 0. The molecule has 16 heteroatoms. The molecule has 1 aliphatic heterocycles. The van der Waals surface area contributed by atoms with Crippen molar-refractivity contribution in [2.24, 2.45) is 16.5 Å². The van der Waals surface area contributed by atoms with Gasteiger partial charge in [-0.25, -0.2) is 4.79 Å². The highest BCUT2D eigenvalue weighted by Crippen LogP contribution is 2.43. The molecular formula is C28H32F4N2O8S2. The van der Waals surface area contributed by atoms with Gasteiger partial charge < -0.3 is 14.2 Å². The largest absolute Gasteiger partial charge is 0.465 e. The van der Waals surface area contributed by atoms with Crippen LogP contribution in [0.4, 0.5) is 17.6 Å². The summed E-state index contributed by atoms with van der Waals surface area (Å²) in [6, 6.07) is 7.86. The molecule has 0 N–H and O–H groups in total. The van der Waals surface area contributed by atoms with Gasteiger partial charge in [0.1, 0.15) is 17.7 Å². The number of esters is 2. The van der Waals surface area contributed by atoms with Crippen LogP contribution in [0.3, 0.4) is 0 Å². The number of nitrogens with zero attached hydrogens (tertiary/aromatic N) is 2. The van der Waals surface area contributed by atoms with E-state index in [4.69, 9.17) is 14.2 Å². The van der Waals surface area contributed by atoms with E-state index in [1.165, 1.54) is 24.3 Å². The first-order valence-corrected chi connectivity index (χ1v) is 15.3. The molecule has 1 aromatic carbocycles. The fraction of sp³-hybridized carbons (Fsp3) is 0.500. The van der Waals surface area contributed by atoms with Crippen LogP contribution in [0.15, 0.2) is 46.5 Å². The number of ether oxygens (including phenoxy) is 3. The number of allylic oxidation sites excluding steroid dienone is 2. The molecule has 1 unspecified atom stereocenters. The van der Waals surface area contributed by atoms with Gasteiger partial charge in [0, 0.05) is 23.5 Å². The van der Waals surface area contributed by atoms with E-state index in [-0.39, 0.29) is 45.3 Å². The van der Waals surface area contributed by atoms with E-state index in [9.17, 15) is 40.8 Å². The number of rotatable bonds is 14. The van der Waals surface area contributed by atoms with Crippen LogP contribution in [-0.4, -0.2) is 63.5 Å². The zero-order chi connectivity index (χ0) is 33.3. The molecule has 0 amide bonds. The number of thioether (sulfide) groups is 1. The van der Waals surface area contributed by atoms with Crippen LogP contribution >= 0.6 is 11.8 Å². The summed E-state index contributed by atoms with van der Waals surface area (Å²) in [5.74, 6) is -6.66. The number of nitriles is 1. The molecule has 2 rings (SSSR count). The van der Waals surface area contributed by atoms with E-state index in [1.54, 1.807) is 13.0 Å². The molecule has 242 valence electrons. The van der Waals surface area contributed by atoms with Crippen molar-refractivity contribution in [2.45, 2.75) is 51.7 Å². The maximum absolute atomic E-state index is 14.4. The first-order chi connectivity index (χ1) is 20.4. The Morgan fingerprint density at radius 1 is 1.05 bits per heavy atom. The molecule has 0 aromatic heterocycles. The topological polar surface area (TPSA) is 141 Å². The van der Waals surface area contributed by atoms with Gasteiger partial charge in [0.15, 0.2) is 0 Å². The molecule has 0 radical (unpaired) electrons. The predicted molar refractivity (Wildman–Crippen MR) is 154 cm³/mol. The van der Waals surface area contributed by atoms with E-state index in [2.05, 4.69) is 9.44 Å². The summed E-state index contributed by atoms with van der Waals surface area (Å²) >= 11 is 0.627. The maximum Gasteiger partial charge on any atom is 0.444 e. The summed E-state index contributed by atoms with van der Waals surface area (Å²) in [5, 5.41) is 6.76. The van der Waals surface area contributed by atoms with E-state index in [1.807, 2.05) is 26.8 Å². The van der Waals surface area contributed by atoms with Gasteiger partial charge in [0.05, 0.1) is 30.8 Å². The van der Waals surface area contributed by atoms with Crippen LogP contribution in [0.2, 0.25) is 0 Å². The Bertz CT molecular complexity index is 1460. The predicted octanol–water partition coefficient (Wildman–Crippen LogP) is 5.92. The van der Waals surface area contributed by atoms with Gasteiger partial charge in [-0.2, -0.15) is 31.2 Å². The number of benzene rings is 1. The second-order valence-corrected chi connectivity index (χ2v) is 13.1. The minimum absolute atomic E-state index is 0.0444. The van der Waals surface area contributed by atoms with Crippen LogP contribution in [0.5, 0.6) is 0 Å². The van der Waals surface area contributed by atoms with Gasteiger partial charge in [-0.3, -0.25) is 9.08 Å². The highest BCUT2D eigenvalue weighted by atomic mass is 32.2. The van der Waals surface area contributed by atoms with Gasteiger partial charge >= 0.3 is 33.2 Å². The number of hydrogen-bond acceptors (Lipinski definition) is 11. The minimum Gasteiger partial charge on any atom is -0.465 e. The smallest absolute Gasteiger partial charge is 0.444 e. The first-order valence-electron chi connectivity index (χ1n) is 13.1. The molecule has 44 heavy (non-hydrogen) atoms. The third-order valence-corrected chi connectivity index (χ3v) is 8.60. The van der Waals surface area contributed by atoms with Crippen molar-refractivity contribution < 1.29 is 54.1 Å². The highest BCUT2D eigenvalue weighted by Gasteiger charge is 2.67. The Hall–Kier alpha value is -3.42. The second kappa shape index (κ2) is 15.0. The Kier molecular flexibility index (Phi) is 12.6. The molecule has 10 nitrogen and oxygen atoms in total. The summed E-state index contributed by atoms with van der Waals surface area (Å²) < 4.78 is 100. The summed E-state index contributed by atoms with van der Waals surface area (Å²) in [4.78, 5) is 24.2. The summed E-state index contributed by atoms with van der Waals surface area (Å²) in [6.07, 6.45) is 0.190. The average Bonchev–Trinajstić information content (AvgIpc) is 3.43. The number of alkyl halides is 4. The van der Waals surface area contributed by atoms with Crippen molar-refractivity contribution in [3.8, 4) is 6.07 Å². The lowest BCUT2D eigenvalue weighted by molar-refractivity contribution is -0.167. The Morgan fingerprint density at radius 2 is 1.68 bits per heavy atom. The molecule has 1 aromatic rings. The highest BCUT2D eigenvalue weighted by molar-refractivity contribution is 8.18. The third-order valence-electron chi connectivity index (χ3n) is 6.42. The first kappa shape index (κ1) is 36.8. The lowest BCUT2D eigenvalue weighted by atomic mass is 9.82. The van der Waals surface area contributed by atoms with E-state index in [0.717, 1.165) is 13.2 Å². The standard InChI is InChI=1S/C28H32F4N2O8S2/c1-18(26(2,3)4)24(35)41-16-15-40-14-8-13-27(29,30)28(31,32)44(37,38)42-34-23-12-11-22(43-23)21(17-33)19-9-6-7-10-20(19)25(36)39-5/h6-7,9-12,18H,8,13-16H2,1-5H3. The van der Waals surface area contributed by atoms with E-state index >= 15 is 0 Å². The average molecular weight is 665 g/mol. The zero-order valence-electron chi connectivity index (χ0n) is 24.6. The monoisotopic (exact) mass is 664 g/mol. The molecule has 0 aliphatic carbocycles. The molecular weight excluding hydrogens is 632 g/mol. The van der Waals surface area contributed by atoms with Crippen molar-refractivity contribution in [1.29, 1.82) is 5.26 Å². The van der Waals surface area contributed by atoms with Crippen LogP contribution in [-0.2, 0) is 33.4 Å².